The Balaban J connectivity index is 2.56. The molecule has 1 aliphatic carbocycles. The average molecular weight is 270 g/mol. The lowest BCUT2D eigenvalue weighted by molar-refractivity contribution is -0.157. The molecular formula is C15H30N2O2. The second-order valence-electron chi connectivity index (χ2n) is 6.11. The fourth-order valence-corrected chi connectivity index (χ4v) is 3.06. The van der Waals surface area contributed by atoms with Gasteiger partial charge in [0.2, 0.25) is 0 Å². The molecule has 0 aliphatic heterocycles. The number of nitrogens with zero attached hydrogens (tertiary/aromatic N) is 1. The average Bonchev–Trinajstić information content (AvgIpc) is 2.40. The summed E-state index contributed by atoms with van der Waals surface area (Å²) in [7, 11) is 3.52. The van der Waals surface area contributed by atoms with Gasteiger partial charge in [-0.05, 0) is 38.5 Å². The van der Waals surface area contributed by atoms with Gasteiger partial charge >= 0.3 is 0 Å². The summed E-state index contributed by atoms with van der Waals surface area (Å²) in [5, 5.41) is 0. The number of ether oxygens (including phenoxy) is 1. The Hall–Kier alpha value is -0.610. The number of amides is 1. The van der Waals surface area contributed by atoms with E-state index in [1.54, 1.807) is 19.0 Å². The minimum Gasteiger partial charge on any atom is -0.361 e. The first kappa shape index (κ1) is 16.4. The predicted molar refractivity (Wildman–Crippen MR) is 77.9 cm³/mol. The standard InChI is InChI=1S/C15H30N2O2/c1-5-6-13-7-9-15(11-16,10-8-13)19-12(2)14(18)17(3)4/h12-13H,5-11,16H2,1-4H3. The van der Waals surface area contributed by atoms with Crippen molar-refractivity contribution in [3.8, 4) is 0 Å². The van der Waals surface area contributed by atoms with Crippen LogP contribution in [0.1, 0.15) is 52.4 Å². The van der Waals surface area contributed by atoms with Crippen LogP contribution >= 0.6 is 0 Å². The van der Waals surface area contributed by atoms with Gasteiger partial charge in [-0.2, -0.15) is 0 Å². The Morgan fingerprint density at radius 2 is 2.00 bits per heavy atom. The smallest absolute Gasteiger partial charge is 0.250 e. The number of carbonyl (C=O) groups excluding carboxylic acids is 1. The fraction of sp³-hybridized carbons (Fsp3) is 0.933. The lowest BCUT2D eigenvalue weighted by atomic mass is 9.77. The number of likely N-dealkylation sites (N-methyl/N-ethyl adjacent to an activating group) is 1. The van der Waals surface area contributed by atoms with E-state index in [1.165, 1.54) is 25.7 Å². The molecular weight excluding hydrogens is 240 g/mol. The van der Waals surface area contributed by atoms with Crippen molar-refractivity contribution in [1.29, 1.82) is 0 Å². The van der Waals surface area contributed by atoms with E-state index in [-0.39, 0.29) is 11.5 Å². The van der Waals surface area contributed by atoms with Crippen molar-refractivity contribution in [2.75, 3.05) is 20.6 Å². The van der Waals surface area contributed by atoms with E-state index < -0.39 is 6.10 Å². The zero-order valence-electron chi connectivity index (χ0n) is 12.9. The number of rotatable bonds is 6. The molecule has 112 valence electrons. The SMILES string of the molecule is CCCC1CCC(CN)(OC(C)C(=O)N(C)C)CC1. The van der Waals surface area contributed by atoms with Gasteiger partial charge in [0.05, 0.1) is 5.60 Å². The summed E-state index contributed by atoms with van der Waals surface area (Å²) in [5.41, 5.74) is 5.65. The number of nitrogens with two attached hydrogens (primary N) is 1. The van der Waals surface area contributed by atoms with Crippen LogP contribution in [0, 0.1) is 5.92 Å². The molecule has 0 aromatic rings. The largest absolute Gasteiger partial charge is 0.361 e. The Kier molecular flexibility index (Phi) is 6.27. The molecule has 4 nitrogen and oxygen atoms in total. The summed E-state index contributed by atoms with van der Waals surface area (Å²) in [6.45, 7) is 4.58. The first-order chi connectivity index (χ1) is 8.94. The molecule has 1 saturated carbocycles. The van der Waals surface area contributed by atoms with Crippen LogP contribution in [-0.2, 0) is 9.53 Å². The maximum absolute atomic E-state index is 11.9. The van der Waals surface area contributed by atoms with E-state index in [0.29, 0.717) is 6.54 Å². The van der Waals surface area contributed by atoms with Crippen molar-refractivity contribution in [3.05, 3.63) is 0 Å². The van der Waals surface area contributed by atoms with Crippen molar-refractivity contribution >= 4 is 5.91 Å². The van der Waals surface area contributed by atoms with Crippen LogP contribution in [0.2, 0.25) is 0 Å². The molecule has 1 atom stereocenters. The number of hydrogen-bond acceptors (Lipinski definition) is 3. The molecule has 2 N–H and O–H groups in total. The van der Waals surface area contributed by atoms with E-state index in [1.807, 2.05) is 6.92 Å². The van der Waals surface area contributed by atoms with E-state index in [0.717, 1.165) is 18.8 Å². The Bertz CT molecular complexity index is 284. The third-order valence-corrected chi connectivity index (χ3v) is 4.30. The highest BCUT2D eigenvalue weighted by Crippen LogP contribution is 2.37. The third kappa shape index (κ3) is 4.46. The van der Waals surface area contributed by atoms with Crippen molar-refractivity contribution in [3.63, 3.8) is 0 Å². The topological polar surface area (TPSA) is 55.6 Å². The van der Waals surface area contributed by atoms with E-state index >= 15 is 0 Å². The molecule has 0 bridgehead atoms. The van der Waals surface area contributed by atoms with Crippen LogP contribution in [0.15, 0.2) is 0 Å². The Labute approximate surface area is 117 Å². The molecule has 0 radical (unpaired) electrons. The van der Waals surface area contributed by atoms with Gasteiger partial charge in [0.15, 0.2) is 0 Å². The van der Waals surface area contributed by atoms with Gasteiger partial charge in [-0.15, -0.1) is 0 Å². The highest BCUT2D eigenvalue weighted by atomic mass is 16.5. The van der Waals surface area contributed by atoms with Gasteiger partial charge in [0.1, 0.15) is 6.10 Å². The molecule has 19 heavy (non-hydrogen) atoms. The van der Waals surface area contributed by atoms with Gasteiger partial charge in [0.25, 0.3) is 5.91 Å². The van der Waals surface area contributed by atoms with E-state index in [4.69, 9.17) is 10.5 Å². The molecule has 0 heterocycles. The molecule has 1 amide bonds. The summed E-state index contributed by atoms with van der Waals surface area (Å²) < 4.78 is 6.06. The van der Waals surface area contributed by atoms with Gasteiger partial charge in [0, 0.05) is 20.6 Å². The fourth-order valence-electron chi connectivity index (χ4n) is 3.06. The molecule has 1 fully saturated rings. The van der Waals surface area contributed by atoms with Crippen molar-refractivity contribution in [2.45, 2.75) is 64.1 Å². The highest BCUT2D eigenvalue weighted by molar-refractivity contribution is 5.80. The van der Waals surface area contributed by atoms with Gasteiger partial charge in [-0.25, -0.2) is 0 Å². The normalized spacial score (nSPS) is 29.0. The summed E-state index contributed by atoms with van der Waals surface area (Å²) in [5.74, 6) is 0.830. The van der Waals surface area contributed by atoms with Crippen LogP contribution in [0.3, 0.4) is 0 Å². The van der Waals surface area contributed by atoms with Gasteiger partial charge in [-0.1, -0.05) is 19.8 Å². The summed E-state index contributed by atoms with van der Waals surface area (Å²) in [6.07, 6.45) is 6.46. The first-order valence-electron chi connectivity index (χ1n) is 7.53. The van der Waals surface area contributed by atoms with E-state index in [2.05, 4.69) is 6.92 Å². The second-order valence-corrected chi connectivity index (χ2v) is 6.11. The monoisotopic (exact) mass is 270 g/mol. The number of hydrogen-bond donors (Lipinski definition) is 1. The maximum atomic E-state index is 11.9. The lowest BCUT2D eigenvalue weighted by Crippen LogP contribution is -2.49. The minimum atomic E-state index is -0.402. The molecule has 0 aromatic carbocycles. The molecule has 0 aromatic heterocycles. The van der Waals surface area contributed by atoms with Crippen LogP contribution in [-0.4, -0.2) is 43.2 Å². The quantitative estimate of drug-likeness (QED) is 0.804. The summed E-state index contributed by atoms with van der Waals surface area (Å²) >= 11 is 0. The highest BCUT2D eigenvalue weighted by Gasteiger charge is 2.37. The van der Waals surface area contributed by atoms with Gasteiger partial charge in [-0.3, -0.25) is 4.79 Å². The number of carbonyl (C=O) groups is 1. The second kappa shape index (κ2) is 7.25. The Morgan fingerprint density at radius 1 is 1.42 bits per heavy atom. The first-order valence-corrected chi connectivity index (χ1v) is 7.53. The zero-order valence-corrected chi connectivity index (χ0v) is 12.9. The molecule has 1 unspecified atom stereocenters. The van der Waals surface area contributed by atoms with Crippen molar-refractivity contribution in [1.82, 2.24) is 4.90 Å². The summed E-state index contributed by atoms with van der Waals surface area (Å²) in [4.78, 5) is 13.5. The van der Waals surface area contributed by atoms with Crippen molar-refractivity contribution in [2.24, 2.45) is 11.7 Å². The molecule has 4 heteroatoms. The van der Waals surface area contributed by atoms with Crippen LogP contribution in [0.5, 0.6) is 0 Å². The summed E-state index contributed by atoms with van der Waals surface area (Å²) in [6, 6.07) is 0. The molecule has 1 aliphatic rings. The lowest BCUT2D eigenvalue weighted by Gasteiger charge is -2.41. The minimum absolute atomic E-state index is 0.0171. The van der Waals surface area contributed by atoms with Gasteiger partial charge < -0.3 is 15.4 Å². The molecule has 1 rings (SSSR count). The third-order valence-electron chi connectivity index (χ3n) is 4.30. The maximum Gasteiger partial charge on any atom is 0.250 e. The molecule has 0 spiro atoms. The van der Waals surface area contributed by atoms with Crippen LogP contribution < -0.4 is 5.73 Å². The zero-order chi connectivity index (χ0) is 14.5. The van der Waals surface area contributed by atoms with Crippen molar-refractivity contribution < 1.29 is 9.53 Å². The van der Waals surface area contributed by atoms with E-state index in [9.17, 15) is 4.79 Å². The molecule has 0 saturated heterocycles. The Morgan fingerprint density at radius 3 is 2.42 bits per heavy atom. The van der Waals surface area contributed by atoms with Crippen LogP contribution in [0.4, 0.5) is 0 Å². The van der Waals surface area contributed by atoms with Crippen LogP contribution in [0.25, 0.3) is 0 Å². The predicted octanol–water partition coefficient (Wildman–Crippen LogP) is 2.17.